The minimum Gasteiger partial charge on any atom is -0.462 e. The zero-order valence-electron chi connectivity index (χ0n) is 17.0. The average Bonchev–Trinajstić information content (AvgIpc) is 3.00. The van der Waals surface area contributed by atoms with Crippen LogP contribution < -0.4 is 10.5 Å². The molecule has 168 valence electrons. The minimum atomic E-state index is -4.14. The number of nitrogens with two attached hydrogens (primary N) is 1. The highest BCUT2D eigenvalue weighted by Crippen LogP contribution is 2.34. The van der Waals surface area contributed by atoms with E-state index in [1.807, 2.05) is 13.8 Å². The Labute approximate surface area is 188 Å². The number of ether oxygens (including phenoxy) is 2. The lowest BCUT2D eigenvalue weighted by Crippen LogP contribution is -2.22. The number of benzene rings is 1. The molecular formula is C19H21ClN2O7S2. The highest BCUT2D eigenvalue weighted by Gasteiger charge is 2.24. The second kappa shape index (κ2) is 10.2. The lowest BCUT2D eigenvalue weighted by Gasteiger charge is -2.09. The third kappa shape index (κ3) is 6.03. The molecule has 0 bridgehead atoms. The Morgan fingerprint density at radius 1 is 1.16 bits per heavy atom. The zero-order chi connectivity index (χ0) is 23.3. The standard InChI is InChI=1S/C19H21ClN2O7S2/c1-4-12-10(3)30-17(16(12)19(25)28-5-2)22-15(23)9-29-18(24)11-6-7-13(20)14(8-11)31(21,26)27/h6-8H,4-5,9H2,1-3H3,(H,22,23)(H2,21,26,27). The number of anilines is 1. The summed E-state index contributed by atoms with van der Waals surface area (Å²) in [5.74, 6) is -2.17. The summed E-state index contributed by atoms with van der Waals surface area (Å²) in [6, 6.07) is 3.39. The van der Waals surface area contributed by atoms with Gasteiger partial charge in [0.1, 0.15) is 9.90 Å². The summed E-state index contributed by atoms with van der Waals surface area (Å²) < 4.78 is 33.1. The van der Waals surface area contributed by atoms with Crippen LogP contribution in [-0.4, -0.2) is 39.5 Å². The second-order valence-corrected chi connectivity index (χ2v) is 9.39. The van der Waals surface area contributed by atoms with Gasteiger partial charge in [-0.2, -0.15) is 0 Å². The number of thiophene rings is 1. The number of hydrogen-bond acceptors (Lipinski definition) is 8. The first-order valence-corrected chi connectivity index (χ1v) is 11.8. The van der Waals surface area contributed by atoms with Crippen LogP contribution >= 0.6 is 22.9 Å². The van der Waals surface area contributed by atoms with Crippen LogP contribution in [0.4, 0.5) is 5.00 Å². The third-order valence-electron chi connectivity index (χ3n) is 4.10. The van der Waals surface area contributed by atoms with Gasteiger partial charge >= 0.3 is 11.9 Å². The first-order chi connectivity index (χ1) is 14.5. The summed E-state index contributed by atoms with van der Waals surface area (Å²) in [7, 11) is -4.14. The van der Waals surface area contributed by atoms with Crippen LogP contribution in [0, 0.1) is 6.92 Å². The van der Waals surface area contributed by atoms with Gasteiger partial charge in [0, 0.05) is 4.88 Å². The molecule has 0 unspecified atom stereocenters. The van der Waals surface area contributed by atoms with E-state index >= 15 is 0 Å². The minimum absolute atomic E-state index is 0.145. The van der Waals surface area contributed by atoms with Crippen LogP contribution in [0.25, 0.3) is 0 Å². The van der Waals surface area contributed by atoms with E-state index in [1.54, 1.807) is 6.92 Å². The molecule has 0 atom stereocenters. The van der Waals surface area contributed by atoms with Crippen LogP contribution in [0.1, 0.15) is 45.0 Å². The van der Waals surface area contributed by atoms with Gasteiger partial charge in [-0.3, -0.25) is 4.79 Å². The van der Waals surface area contributed by atoms with E-state index in [2.05, 4.69) is 5.32 Å². The van der Waals surface area contributed by atoms with Gasteiger partial charge < -0.3 is 14.8 Å². The molecule has 1 aromatic heterocycles. The van der Waals surface area contributed by atoms with Crippen molar-refractivity contribution in [3.63, 3.8) is 0 Å². The van der Waals surface area contributed by atoms with Crippen molar-refractivity contribution < 1.29 is 32.3 Å². The summed E-state index contributed by atoms with van der Waals surface area (Å²) in [6.07, 6.45) is 0.574. The SMILES string of the molecule is CCOC(=O)c1c(NC(=O)COC(=O)c2ccc(Cl)c(S(N)(=O)=O)c2)sc(C)c1CC. The van der Waals surface area contributed by atoms with Crippen LogP contribution in [0.15, 0.2) is 23.1 Å². The van der Waals surface area contributed by atoms with Crippen LogP contribution in [-0.2, 0) is 30.7 Å². The molecule has 2 rings (SSSR count). The van der Waals surface area contributed by atoms with E-state index in [4.69, 9.17) is 26.2 Å². The normalized spacial score (nSPS) is 11.1. The Morgan fingerprint density at radius 2 is 1.84 bits per heavy atom. The molecule has 9 nitrogen and oxygen atoms in total. The molecule has 0 fully saturated rings. The highest BCUT2D eigenvalue weighted by atomic mass is 35.5. The Hall–Kier alpha value is -2.47. The van der Waals surface area contributed by atoms with Gasteiger partial charge in [-0.15, -0.1) is 11.3 Å². The fourth-order valence-corrected chi connectivity index (χ4v) is 4.96. The van der Waals surface area contributed by atoms with Crippen molar-refractivity contribution in [2.45, 2.75) is 32.1 Å². The van der Waals surface area contributed by atoms with E-state index in [1.165, 1.54) is 23.5 Å². The van der Waals surface area contributed by atoms with Crippen LogP contribution in [0.2, 0.25) is 5.02 Å². The molecule has 31 heavy (non-hydrogen) atoms. The number of rotatable bonds is 8. The van der Waals surface area contributed by atoms with Gasteiger partial charge in [-0.25, -0.2) is 23.1 Å². The van der Waals surface area contributed by atoms with Crippen molar-refractivity contribution in [3.8, 4) is 0 Å². The van der Waals surface area contributed by atoms with Crippen molar-refractivity contribution in [1.82, 2.24) is 0 Å². The highest BCUT2D eigenvalue weighted by molar-refractivity contribution is 7.89. The van der Waals surface area contributed by atoms with Gasteiger partial charge in [-0.1, -0.05) is 18.5 Å². The van der Waals surface area contributed by atoms with E-state index in [0.29, 0.717) is 11.4 Å². The monoisotopic (exact) mass is 488 g/mol. The first kappa shape index (κ1) is 24.8. The van der Waals surface area contributed by atoms with Crippen LogP contribution in [0.3, 0.4) is 0 Å². The number of aryl methyl sites for hydroxylation is 1. The number of amides is 1. The maximum atomic E-state index is 12.3. The fourth-order valence-electron chi connectivity index (χ4n) is 2.74. The van der Waals surface area contributed by atoms with Gasteiger partial charge in [-0.05, 0) is 44.0 Å². The number of esters is 2. The maximum Gasteiger partial charge on any atom is 0.341 e. The summed E-state index contributed by atoms with van der Waals surface area (Å²) in [6.45, 7) is 4.91. The number of hydrogen-bond donors (Lipinski definition) is 2. The Kier molecular flexibility index (Phi) is 8.18. The van der Waals surface area contributed by atoms with Gasteiger partial charge in [0.2, 0.25) is 10.0 Å². The van der Waals surface area contributed by atoms with E-state index in [-0.39, 0.29) is 22.8 Å². The van der Waals surface area contributed by atoms with Crippen molar-refractivity contribution >= 4 is 55.8 Å². The molecule has 12 heteroatoms. The van der Waals surface area contributed by atoms with Crippen molar-refractivity contribution in [1.29, 1.82) is 0 Å². The predicted molar refractivity (Wildman–Crippen MR) is 116 cm³/mol. The van der Waals surface area contributed by atoms with E-state index < -0.39 is 39.4 Å². The molecule has 0 aliphatic rings. The smallest absolute Gasteiger partial charge is 0.341 e. The lowest BCUT2D eigenvalue weighted by atomic mass is 10.1. The lowest BCUT2D eigenvalue weighted by molar-refractivity contribution is -0.119. The Balaban J connectivity index is 2.13. The van der Waals surface area contributed by atoms with Gasteiger partial charge in [0.25, 0.3) is 5.91 Å². The van der Waals surface area contributed by atoms with Crippen molar-refractivity contribution in [3.05, 3.63) is 44.8 Å². The summed E-state index contributed by atoms with van der Waals surface area (Å²) in [5.41, 5.74) is 0.906. The topological polar surface area (TPSA) is 142 Å². The molecule has 1 heterocycles. The molecule has 0 saturated carbocycles. The molecule has 0 radical (unpaired) electrons. The molecule has 0 spiro atoms. The number of halogens is 1. The molecule has 0 aliphatic carbocycles. The average molecular weight is 489 g/mol. The quantitative estimate of drug-likeness (QED) is 0.544. The Bertz CT molecular complexity index is 1130. The molecule has 0 aliphatic heterocycles. The largest absolute Gasteiger partial charge is 0.462 e. The summed E-state index contributed by atoms with van der Waals surface area (Å²) in [4.78, 5) is 37.2. The number of sulfonamides is 1. The predicted octanol–water partition coefficient (Wildman–Crippen LogP) is 2.89. The number of carbonyl (C=O) groups is 3. The number of nitrogens with one attached hydrogen (secondary N) is 1. The van der Waals surface area contributed by atoms with Gasteiger partial charge in [0.05, 0.1) is 22.8 Å². The summed E-state index contributed by atoms with van der Waals surface area (Å²) in [5, 5.41) is 7.77. The molecule has 0 saturated heterocycles. The Morgan fingerprint density at radius 3 is 2.42 bits per heavy atom. The van der Waals surface area contributed by atoms with E-state index in [9.17, 15) is 22.8 Å². The fraction of sp³-hybridized carbons (Fsp3) is 0.316. The molecule has 3 N–H and O–H groups in total. The number of primary sulfonamides is 1. The maximum absolute atomic E-state index is 12.3. The van der Waals surface area contributed by atoms with Crippen LogP contribution in [0.5, 0.6) is 0 Å². The molecule has 1 aromatic carbocycles. The van der Waals surface area contributed by atoms with E-state index in [0.717, 1.165) is 16.5 Å². The molecule has 1 amide bonds. The summed E-state index contributed by atoms with van der Waals surface area (Å²) >= 11 is 7.00. The number of carbonyl (C=O) groups excluding carboxylic acids is 3. The van der Waals surface area contributed by atoms with Gasteiger partial charge in [0.15, 0.2) is 6.61 Å². The first-order valence-electron chi connectivity index (χ1n) is 9.08. The second-order valence-electron chi connectivity index (χ2n) is 6.23. The molecular weight excluding hydrogens is 468 g/mol. The third-order valence-corrected chi connectivity index (χ3v) is 6.56. The van der Waals surface area contributed by atoms with Crippen molar-refractivity contribution in [2.24, 2.45) is 5.14 Å². The molecule has 2 aromatic rings. The zero-order valence-corrected chi connectivity index (χ0v) is 19.4. The van der Waals surface area contributed by atoms with Crippen molar-refractivity contribution in [2.75, 3.05) is 18.5 Å².